The van der Waals surface area contributed by atoms with Crippen molar-refractivity contribution >= 4 is 22.3 Å². The molecule has 0 aliphatic heterocycles. The van der Waals surface area contributed by atoms with E-state index in [1.807, 2.05) is 0 Å². The van der Waals surface area contributed by atoms with Crippen LogP contribution in [0.2, 0.25) is 0 Å². The molecular formula is C9H10F3NO3S2. The molecule has 0 N–H and O–H groups in total. The highest BCUT2D eigenvalue weighted by Crippen LogP contribution is 2.34. The molecule has 0 fully saturated rings. The van der Waals surface area contributed by atoms with E-state index in [1.165, 1.54) is 12.1 Å². The van der Waals surface area contributed by atoms with E-state index in [0.717, 1.165) is 12.6 Å². The first-order valence-corrected chi connectivity index (χ1v) is 6.75. The summed E-state index contributed by atoms with van der Waals surface area (Å²) in [5.41, 5.74) is -3.82. The van der Waals surface area contributed by atoms with Crippen molar-refractivity contribution in [3.63, 3.8) is 0 Å². The largest absolute Gasteiger partial charge is 0.457 e. The number of aryl methyl sites for hydroxylation is 1. The Morgan fingerprint density at radius 2 is 1.72 bits per heavy atom. The van der Waals surface area contributed by atoms with Crippen LogP contribution in [0.25, 0.3) is 0 Å². The molecule has 0 radical (unpaired) electrons. The maximum atomic E-state index is 12.0. The molecule has 0 amide bonds. The van der Waals surface area contributed by atoms with Gasteiger partial charge in [0.2, 0.25) is 0 Å². The van der Waals surface area contributed by atoms with Crippen LogP contribution >= 0.6 is 11.9 Å². The second-order valence-corrected chi connectivity index (χ2v) is 6.30. The fraction of sp³-hybridized carbons (Fsp3) is 0.333. The number of nitrogens with zero attached hydrogens (tertiary/aromatic N) is 1. The van der Waals surface area contributed by atoms with Crippen molar-refractivity contribution < 1.29 is 25.8 Å². The van der Waals surface area contributed by atoms with Crippen molar-refractivity contribution in [1.82, 2.24) is 3.71 Å². The predicted octanol–water partition coefficient (Wildman–Crippen LogP) is 2.72. The van der Waals surface area contributed by atoms with Crippen LogP contribution in [0.4, 0.5) is 13.2 Å². The first kappa shape index (κ1) is 15.1. The number of alkyl halides is 3. The van der Waals surface area contributed by atoms with Gasteiger partial charge in [-0.3, -0.25) is 0 Å². The predicted molar refractivity (Wildman–Crippen MR) is 62.1 cm³/mol. The Bertz CT molecular complexity index is 499. The number of hydrogen-bond acceptors (Lipinski definition) is 4. The molecular weight excluding hydrogens is 291 g/mol. The molecule has 0 aromatic heterocycles. The Morgan fingerprint density at radius 1 is 1.22 bits per heavy atom. The van der Waals surface area contributed by atoms with Gasteiger partial charge in [-0.1, -0.05) is 17.7 Å². The third-order valence-electron chi connectivity index (χ3n) is 1.77. The Hall–Kier alpha value is -0.930. The second-order valence-electron chi connectivity index (χ2n) is 3.30. The summed E-state index contributed by atoms with van der Waals surface area (Å²) >= 11 is -0.794. The maximum Gasteiger partial charge on any atom is 0.457 e. The number of hydrogen-bond donors (Lipinski definition) is 0. The standard InChI is InChI=1S/C9H10F3NO3S2/c1-7-3-5-8(6-4-7)16-18(14,15)13(2)17-9(10,11)12/h3-6H,1-2H3. The highest BCUT2D eigenvalue weighted by atomic mass is 32.3. The van der Waals surface area contributed by atoms with Crippen LogP contribution < -0.4 is 4.18 Å². The van der Waals surface area contributed by atoms with Crippen LogP contribution in [0.5, 0.6) is 5.75 Å². The summed E-state index contributed by atoms with van der Waals surface area (Å²) in [5.74, 6) is -0.0461. The molecule has 1 aromatic carbocycles. The number of rotatable bonds is 4. The third-order valence-corrected chi connectivity index (χ3v) is 4.04. The molecule has 102 valence electrons. The Labute approximate surface area is 107 Å². The molecule has 0 spiro atoms. The topological polar surface area (TPSA) is 46.6 Å². The molecule has 0 heterocycles. The summed E-state index contributed by atoms with van der Waals surface area (Å²) in [6.07, 6.45) is 0. The van der Waals surface area contributed by atoms with E-state index in [4.69, 9.17) is 0 Å². The fourth-order valence-electron chi connectivity index (χ4n) is 0.959. The van der Waals surface area contributed by atoms with Gasteiger partial charge in [-0.15, -0.1) is 3.71 Å². The van der Waals surface area contributed by atoms with E-state index in [-0.39, 0.29) is 9.46 Å². The summed E-state index contributed by atoms with van der Waals surface area (Å²) in [7, 11) is -3.72. The van der Waals surface area contributed by atoms with Crippen LogP contribution in [-0.2, 0) is 10.3 Å². The number of benzene rings is 1. The molecule has 0 bridgehead atoms. The molecule has 0 saturated heterocycles. The summed E-state index contributed by atoms with van der Waals surface area (Å²) < 4.78 is 63.5. The molecule has 1 aromatic rings. The highest BCUT2D eigenvalue weighted by Gasteiger charge is 2.36. The Kier molecular flexibility index (Phi) is 4.51. The van der Waals surface area contributed by atoms with Gasteiger partial charge >= 0.3 is 15.8 Å². The fourth-order valence-corrected chi connectivity index (χ4v) is 2.42. The normalized spacial score (nSPS) is 12.8. The van der Waals surface area contributed by atoms with E-state index in [1.54, 1.807) is 19.1 Å². The van der Waals surface area contributed by atoms with Crippen molar-refractivity contribution in [2.75, 3.05) is 7.05 Å². The van der Waals surface area contributed by atoms with Crippen LogP contribution in [0.3, 0.4) is 0 Å². The minimum atomic E-state index is -4.70. The zero-order valence-corrected chi connectivity index (χ0v) is 11.1. The van der Waals surface area contributed by atoms with Gasteiger partial charge in [0.25, 0.3) is 0 Å². The van der Waals surface area contributed by atoms with Gasteiger partial charge < -0.3 is 4.18 Å². The number of halogens is 3. The van der Waals surface area contributed by atoms with Crippen LogP contribution in [-0.4, -0.2) is 24.7 Å². The molecule has 0 aliphatic rings. The molecule has 0 saturated carbocycles. The van der Waals surface area contributed by atoms with Crippen molar-refractivity contribution in [2.45, 2.75) is 12.4 Å². The third kappa shape index (κ3) is 4.75. The zero-order valence-electron chi connectivity index (χ0n) is 9.43. The lowest BCUT2D eigenvalue weighted by atomic mass is 10.2. The van der Waals surface area contributed by atoms with Gasteiger partial charge in [0.15, 0.2) is 0 Å². The van der Waals surface area contributed by atoms with E-state index in [2.05, 4.69) is 4.18 Å². The van der Waals surface area contributed by atoms with E-state index >= 15 is 0 Å². The minimum absolute atomic E-state index is 0.0207. The van der Waals surface area contributed by atoms with Crippen LogP contribution in [0, 0.1) is 6.92 Å². The SMILES string of the molecule is Cc1ccc(OS(=O)(=O)N(C)SC(F)(F)F)cc1. The molecule has 0 unspecified atom stereocenters. The molecule has 18 heavy (non-hydrogen) atoms. The molecule has 1 rings (SSSR count). The second kappa shape index (κ2) is 5.37. The summed E-state index contributed by atoms with van der Waals surface area (Å²) in [4.78, 5) is 0. The zero-order chi connectivity index (χ0) is 14.0. The Morgan fingerprint density at radius 3 is 2.17 bits per heavy atom. The van der Waals surface area contributed by atoms with Gasteiger partial charge in [0, 0.05) is 7.05 Å². The quantitative estimate of drug-likeness (QED) is 0.802. The smallest absolute Gasteiger partial charge is 0.370 e. The van der Waals surface area contributed by atoms with Crippen molar-refractivity contribution in [2.24, 2.45) is 0 Å². The van der Waals surface area contributed by atoms with Crippen molar-refractivity contribution in [1.29, 1.82) is 0 Å². The van der Waals surface area contributed by atoms with Crippen molar-refractivity contribution in [3.8, 4) is 5.75 Å². The maximum absolute atomic E-state index is 12.0. The van der Waals surface area contributed by atoms with Gasteiger partial charge in [-0.05, 0) is 19.1 Å². The van der Waals surface area contributed by atoms with Gasteiger partial charge in [-0.25, -0.2) is 0 Å². The minimum Gasteiger partial charge on any atom is -0.370 e. The summed E-state index contributed by atoms with van der Waals surface area (Å²) in [6.45, 7) is 1.78. The molecule has 0 atom stereocenters. The molecule has 0 aliphatic carbocycles. The van der Waals surface area contributed by atoms with E-state index in [0.29, 0.717) is 0 Å². The van der Waals surface area contributed by atoms with Crippen molar-refractivity contribution in [3.05, 3.63) is 29.8 Å². The van der Waals surface area contributed by atoms with Gasteiger partial charge in [-0.2, -0.15) is 21.6 Å². The van der Waals surface area contributed by atoms with Gasteiger partial charge in [0.1, 0.15) is 5.75 Å². The highest BCUT2D eigenvalue weighted by molar-refractivity contribution is 8.07. The average Bonchev–Trinajstić information content (AvgIpc) is 2.18. The lowest BCUT2D eigenvalue weighted by Gasteiger charge is -2.17. The molecule has 9 heteroatoms. The van der Waals surface area contributed by atoms with E-state index < -0.39 is 27.8 Å². The molecule has 4 nitrogen and oxygen atoms in total. The Balaban J connectivity index is 2.79. The average molecular weight is 301 g/mol. The van der Waals surface area contributed by atoms with Crippen LogP contribution in [0.1, 0.15) is 5.56 Å². The van der Waals surface area contributed by atoms with Gasteiger partial charge in [0.05, 0.1) is 11.9 Å². The van der Waals surface area contributed by atoms with E-state index in [9.17, 15) is 21.6 Å². The van der Waals surface area contributed by atoms with Crippen LogP contribution in [0.15, 0.2) is 24.3 Å². The lowest BCUT2D eigenvalue weighted by molar-refractivity contribution is -0.0348. The summed E-state index contributed by atoms with van der Waals surface area (Å²) in [5, 5.41) is 0. The first-order valence-electron chi connectivity index (χ1n) is 4.61. The lowest BCUT2D eigenvalue weighted by Crippen LogP contribution is -2.28. The summed E-state index contributed by atoms with van der Waals surface area (Å²) in [6, 6.07) is 5.89. The first-order chi connectivity index (χ1) is 8.10. The monoisotopic (exact) mass is 301 g/mol.